The molecule has 0 bridgehead atoms. The van der Waals surface area contributed by atoms with Gasteiger partial charge in [-0.3, -0.25) is 0 Å². The molecule has 2 aliphatic rings. The van der Waals surface area contributed by atoms with Crippen molar-refractivity contribution in [1.82, 2.24) is 0 Å². The Morgan fingerprint density at radius 3 is 1.92 bits per heavy atom. The summed E-state index contributed by atoms with van der Waals surface area (Å²) in [4.78, 5) is 0. The van der Waals surface area contributed by atoms with Crippen molar-refractivity contribution in [1.29, 1.82) is 0 Å². The zero-order valence-electron chi connectivity index (χ0n) is 10.1. The second-order valence-electron chi connectivity index (χ2n) is 5.14. The second kappa shape index (κ2) is 4.02. The summed E-state index contributed by atoms with van der Waals surface area (Å²) in [5, 5.41) is 0. The summed E-state index contributed by atoms with van der Waals surface area (Å²) < 4.78 is 0. The Morgan fingerprint density at radius 2 is 1.69 bits per heavy atom. The smallest absolute Gasteiger partial charge is 0.0272 e. The molecule has 0 radical (unpaired) electrons. The van der Waals surface area contributed by atoms with E-state index < -0.39 is 0 Å². The lowest BCUT2D eigenvalue weighted by Gasteiger charge is -2.43. The zero-order valence-corrected chi connectivity index (χ0v) is 10.1. The summed E-state index contributed by atoms with van der Waals surface area (Å²) >= 11 is 0. The molecule has 0 nitrogen and oxygen atoms in total. The van der Waals surface area contributed by atoms with Gasteiger partial charge >= 0.3 is 0 Å². The van der Waals surface area contributed by atoms with Crippen LogP contribution in [0.15, 0.2) is 0 Å². The lowest BCUT2D eigenvalue weighted by molar-refractivity contribution is 0.0589. The van der Waals surface area contributed by atoms with Crippen molar-refractivity contribution in [2.45, 2.75) is 60.3 Å². The monoisotopic (exact) mass is 182 g/mol. The van der Waals surface area contributed by atoms with Gasteiger partial charge in [0, 0.05) is 0 Å². The molecule has 78 valence electrons. The van der Waals surface area contributed by atoms with Crippen LogP contribution in [0.4, 0.5) is 0 Å². The van der Waals surface area contributed by atoms with E-state index in [1.807, 2.05) is 13.8 Å². The van der Waals surface area contributed by atoms with E-state index in [9.17, 15) is 0 Å². The van der Waals surface area contributed by atoms with Crippen molar-refractivity contribution in [3.05, 3.63) is 0 Å². The van der Waals surface area contributed by atoms with Gasteiger partial charge in [-0.1, -0.05) is 34.6 Å². The third-order valence-electron chi connectivity index (χ3n) is 4.64. The van der Waals surface area contributed by atoms with E-state index in [-0.39, 0.29) is 0 Å². The maximum atomic E-state index is 2.52. The van der Waals surface area contributed by atoms with E-state index in [2.05, 4.69) is 20.8 Å². The average Bonchev–Trinajstić information content (AvgIpc) is 2.27. The molecule has 0 N–H and O–H groups in total. The van der Waals surface area contributed by atoms with Gasteiger partial charge < -0.3 is 0 Å². The van der Waals surface area contributed by atoms with Gasteiger partial charge in [-0.15, -0.1) is 0 Å². The van der Waals surface area contributed by atoms with E-state index >= 15 is 0 Å². The van der Waals surface area contributed by atoms with Gasteiger partial charge in [-0.05, 0) is 48.9 Å². The van der Waals surface area contributed by atoms with Gasteiger partial charge in [0.05, 0.1) is 0 Å². The number of fused-ring (bicyclic) bond motifs is 1. The van der Waals surface area contributed by atoms with E-state index in [4.69, 9.17) is 0 Å². The SMILES string of the molecule is CC.CC(C)C1(C)CC[C@@H]2CC[C@@H]21. The van der Waals surface area contributed by atoms with Crippen LogP contribution in [0.5, 0.6) is 0 Å². The molecule has 0 aromatic rings. The van der Waals surface area contributed by atoms with E-state index in [1.54, 1.807) is 0 Å². The predicted octanol–water partition coefficient (Wildman–Crippen LogP) is 4.49. The van der Waals surface area contributed by atoms with Crippen molar-refractivity contribution < 1.29 is 0 Å². The highest BCUT2D eigenvalue weighted by Crippen LogP contribution is 2.60. The molecule has 0 spiro atoms. The molecular formula is C13H26. The molecule has 0 saturated heterocycles. The number of hydrogen-bond donors (Lipinski definition) is 0. The average molecular weight is 182 g/mol. The summed E-state index contributed by atoms with van der Waals surface area (Å²) in [6, 6.07) is 0. The Balaban J connectivity index is 0.000000396. The normalized spacial score (nSPS) is 42.0. The van der Waals surface area contributed by atoms with E-state index in [0.717, 1.165) is 17.8 Å². The highest BCUT2D eigenvalue weighted by molar-refractivity contribution is 5.00. The minimum absolute atomic E-state index is 0.711. The third-order valence-corrected chi connectivity index (χ3v) is 4.64. The number of hydrogen-bond acceptors (Lipinski definition) is 0. The Hall–Kier alpha value is 0. The molecule has 0 heteroatoms. The Bertz CT molecular complexity index is 159. The Labute approximate surface area is 84.1 Å². The number of rotatable bonds is 1. The maximum absolute atomic E-state index is 2.52. The first-order valence-corrected chi connectivity index (χ1v) is 6.14. The first kappa shape index (κ1) is 11.1. The van der Waals surface area contributed by atoms with Crippen LogP contribution in [-0.2, 0) is 0 Å². The van der Waals surface area contributed by atoms with Gasteiger partial charge in [-0.25, -0.2) is 0 Å². The molecule has 1 unspecified atom stereocenters. The highest BCUT2D eigenvalue weighted by atomic mass is 14.6. The van der Waals surface area contributed by atoms with Crippen molar-refractivity contribution in [2.75, 3.05) is 0 Å². The molecule has 0 amide bonds. The molecule has 3 atom stereocenters. The van der Waals surface area contributed by atoms with Gasteiger partial charge in [0.25, 0.3) is 0 Å². The summed E-state index contributed by atoms with van der Waals surface area (Å²) in [5.74, 6) is 3.13. The van der Waals surface area contributed by atoms with Crippen LogP contribution in [0.1, 0.15) is 60.3 Å². The van der Waals surface area contributed by atoms with Crippen molar-refractivity contribution in [3.8, 4) is 0 Å². The molecule has 2 aliphatic carbocycles. The predicted molar refractivity (Wildman–Crippen MR) is 59.7 cm³/mol. The Morgan fingerprint density at radius 1 is 1.08 bits per heavy atom. The molecule has 2 saturated carbocycles. The second-order valence-corrected chi connectivity index (χ2v) is 5.14. The summed E-state index contributed by atoms with van der Waals surface area (Å²) in [6.45, 7) is 11.3. The van der Waals surface area contributed by atoms with E-state index in [1.165, 1.54) is 25.7 Å². The first-order valence-electron chi connectivity index (χ1n) is 6.14. The quantitative estimate of drug-likeness (QED) is 0.560. The van der Waals surface area contributed by atoms with Crippen LogP contribution in [0.2, 0.25) is 0 Å². The fourth-order valence-electron chi connectivity index (χ4n) is 3.18. The topological polar surface area (TPSA) is 0 Å². The van der Waals surface area contributed by atoms with Crippen LogP contribution in [-0.4, -0.2) is 0 Å². The first-order chi connectivity index (χ1) is 6.14. The van der Waals surface area contributed by atoms with Crippen molar-refractivity contribution >= 4 is 0 Å². The van der Waals surface area contributed by atoms with Crippen molar-refractivity contribution in [2.24, 2.45) is 23.2 Å². The van der Waals surface area contributed by atoms with Gasteiger partial charge in [0.2, 0.25) is 0 Å². The van der Waals surface area contributed by atoms with Crippen LogP contribution < -0.4 is 0 Å². The lowest BCUT2D eigenvalue weighted by atomic mass is 9.62. The molecule has 13 heavy (non-hydrogen) atoms. The molecule has 0 aliphatic heterocycles. The van der Waals surface area contributed by atoms with Crippen LogP contribution in [0.3, 0.4) is 0 Å². The Kier molecular flexibility index (Phi) is 3.43. The lowest BCUT2D eigenvalue weighted by Crippen LogP contribution is -2.35. The molecule has 2 fully saturated rings. The highest BCUT2D eigenvalue weighted by Gasteiger charge is 2.50. The maximum Gasteiger partial charge on any atom is -0.0272 e. The fraction of sp³-hybridized carbons (Fsp3) is 1.00. The van der Waals surface area contributed by atoms with Gasteiger partial charge in [0.15, 0.2) is 0 Å². The summed E-state index contributed by atoms with van der Waals surface area (Å²) in [6.07, 6.45) is 6.09. The molecule has 0 aromatic carbocycles. The van der Waals surface area contributed by atoms with Crippen LogP contribution in [0.25, 0.3) is 0 Å². The minimum atomic E-state index is 0.711. The van der Waals surface area contributed by atoms with Crippen LogP contribution >= 0.6 is 0 Å². The minimum Gasteiger partial charge on any atom is -0.0683 e. The molecule has 0 aromatic heterocycles. The fourth-order valence-corrected chi connectivity index (χ4v) is 3.18. The van der Waals surface area contributed by atoms with Crippen molar-refractivity contribution in [3.63, 3.8) is 0 Å². The third kappa shape index (κ3) is 1.65. The summed E-state index contributed by atoms with van der Waals surface area (Å²) in [5.41, 5.74) is 0.711. The molecule has 2 rings (SSSR count). The molecule has 0 heterocycles. The summed E-state index contributed by atoms with van der Waals surface area (Å²) in [7, 11) is 0. The van der Waals surface area contributed by atoms with Gasteiger partial charge in [0.1, 0.15) is 0 Å². The van der Waals surface area contributed by atoms with E-state index in [0.29, 0.717) is 5.41 Å². The zero-order chi connectivity index (χ0) is 10.1. The largest absolute Gasteiger partial charge is 0.0683 e. The van der Waals surface area contributed by atoms with Gasteiger partial charge in [-0.2, -0.15) is 0 Å². The molecular weight excluding hydrogens is 156 g/mol. The standard InChI is InChI=1S/C11H20.C2H6/c1-8(2)11(3)7-6-9-4-5-10(9)11;1-2/h8-10H,4-7H2,1-3H3;1-2H3/t9-,10-,11?;/m0./s1. The van der Waals surface area contributed by atoms with Crippen LogP contribution in [0, 0.1) is 23.2 Å².